The molecule has 4 heteroatoms. The van der Waals surface area contributed by atoms with Crippen molar-refractivity contribution in [3.8, 4) is 6.07 Å². The summed E-state index contributed by atoms with van der Waals surface area (Å²) in [6.45, 7) is 4.74. The maximum Gasteiger partial charge on any atom is 0.0866 e. The Morgan fingerprint density at radius 3 is 3.00 bits per heavy atom. The van der Waals surface area contributed by atoms with Crippen LogP contribution in [0.3, 0.4) is 0 Å². The minimum Gasteiger partial charge on any atom is -0.370 e. The summed E-state index contributed by atoms with van der Waals surface area (Å²) in [5.74, 6) is 0. The molecular formula is C14H18BrN3. The fourth-order valence-corrected chi connectivity index (χ4v) is 3.01. The Morgan fingerprint density at radius 1 is 1.56 bits per heavy atom. The number of nitrogens with zero attached hydrogens (tertiary/aromatic N) is 3. The van der Waals surface area contributed by atoms with Gasteiger partial charge in [-0.05, 0) is 44.2 Å². The second-order valence-corrected chi connectivity index (χ2v) is 5.81. The van der Waals surface area contributed by atoms with Gasteiger partial charge in [0, 0.05) is 29.3 Å². The lowest BCUT2D eigenvalue weighted by molar-refractivity contribution is 0.289. The predicted molar refractivity (Wildman–Crippen MR) is 77.7 cm³/mol. The van der Waals surface area contributed by atoms with Crippen LogP contribution in [0.1, 0.15) is 12.0 Å². The third-order valence-corrected chi connectivity index (χ3v) is 4.10. The fraction of sp³-hybridized carbons (Fsp3) is 0.500. The Hall–Kier alpha value is -1.05. The molecule has 1 fully saturated rings. The Labute approximate surface area is 117 Å². The molecule has 0 N–H and O–H groups in total. The maximum atomic E-state index is 8.74. The molecular weight excluding hydrogens is 290 g/mol. The van der Waals surface area contributed by atoms with E-state index in [2.05, 4.69) is 56.9 Å². The van der Waals surface area contributed by atoms with E-state index in [1.807, 2.05) is 7.05 Å². The van der Waals surface area contributed by atoms with Crippen LogP contribution >= 0.6 is 15.9 Å². The van der Waals surface area contributed by atoms with Crippen LogP contribution in [0, 0.1) is 18.3 Å². The van der Waals surface area contributed by atoms with Gasteiger partial charge in [-0.3, -0.25) is 4.90 Å². The molecule has 96 valence electrons. The summed E-state index contributed by atoms with van der Waals surface area (Å²) in [4.78, 5) is 4.56. The first-order chi connectivity index (χ1) is 8.61. The van der Waals surface area contributed by atoms with E-state index < -0.39 is 0 Å². The van der Waals surface area contributed by atoms with E-state index in [1.165, 1.54) is 11.3 Å². The monoisotopic (exact) mass is 307 g/mol. The van der Waals surface area contributed by atoms with E-state index in [0.717, 1.165) is 24.0 Å². The number of halogens is 1. The zero-order valence-corrected chi connectivity index (χ0v) is 12.4. The molecule has 1 aliphatic heterocycles. The smallest absolute Gasteiger partial charge is 0.0866 e. The molecule has 1 saturated heterocycles. The van der Waals surface area contributed by atoms with Crippen LogP contribution in [-0.2, 0) is 0 Å². The van der Waals surface area contributed by atoms with Crippen LogP contribution in [0.25, 0.3) is 0 Å². The third kappa shape index (κ3) is 2.85. The second kappa shape index (κ2) is 5.73. The van der Waals surface area contributed by atoms with Gasteiger partial charge in [0.15, 0.2) is 0 Å². The lowest BCUT2D eigenvalue weighted by Gasteiger charge is -2.24. The molecule has 0 saturated carbocycles. The van der Waals surface area contributed by atoms with Crippen molar-refractivity contribution in [2.75, 3.05) is 31.6 Å². The van der Waals surface area contributed by atoms with Crippen molar-refractivity contribution in [2.45, 2.75) is 19.4 Å². The highest BCUT2D eigenvalue weighted by Crippen LogP contribution is 2.27. The average Bonchev–Trinajstić information content (AvgIpc) is 2.78. The molecule has 2 rings (SSSR count). The van der Waals surface area contributed by atoms with E-state index in [-0.39, 0.29) is 0 Å². The van der Waals surface area contributed by atoms with Crippen molar-refractivity contribution >= 4 is 21.6 Å². The number of hydrogen-bond acceptors (Lipinski definition) is 3. The molecule has 1 aliphatic rings. The summed E-state index contributed by atoms with van der Waals surface area (Å²) in [6, 6.07) is 9.13. The lowest BCUT2D eigenvalue weighted by atomic mass is 10.2. The van der Waals surface area contributed by atoms with Crippen molar-refractivity contribution in [1.29, 1.82) is 5.26 Å². The van der Waals surface area contributed by atoms with Crippen LogP contribution in [0.15, 0.2) is 22.7 Å². The van der Waals surface area contributed by atoms with Crippen LogP contribution in [0.2, 0.25) is 0 Å². The Bertz CT molecular complexity index is 467. The van der Waals surface area contributed by atoms with Crippen molar-refractivity contribution in [3.63, 3.8) is 0 Å². The van der Waals surface area contributed by atoms with Crippen LogP contribution in [0.5, 0.6) is 0 Å². The van der Waals surface area contributed by atoms with E-state index in [1.54, 1.807) is 0 Å². The van der Waals surface area contributed by atoms with E-state index >= 15 is 0 Å². The number of rotatable bonds is 3. The number of aryl methyl sites for hydroxylation is 1. The standard InChI is InChI=1S/C14H18BrN3/c1-11-9-12(15)3-4-14(11)18-7-5-13(10-18)17(2)8-6-16/h3-4,9,13H,5,7-8,10H2,1-2H3. The number of benzene rings is 1. The topological polar surface area (TPSA) is 30.3 Å². The molecule has 1 aromatic carbocycles. The van der Waals surface area contributed by atoms with Gasteiger partial charge in [0.1, 0.15) is 0 Å². The zero-order chi connectivity index (χ0) is 13.1. The van der Waals surface area contributed by atoms with Crippen LogP contribution in [-0.4, -0.2) is 37.6 Å². The first-order valence-corrected chi connectivity index (χ1v) is 6.99. The van der Waals surface area contributed by atoms with Crippen molar-refractivity contribution in [1.82, 2.24) is 4.90 Å². The Balaban J connectivity index is 2.07. The van der Waals surface area contributed by atoms with Gasteiger partial charge in [0.05, 0.1) is 12.6 Å². The van der Waals surface area contributed by atoms with Gasteiger partial charge in [0.2, 0.25) is 0 Å². The SMILES string of the molecule is Cc1cc(Br)ccc1N1CCC(N(C)CC#N)C1. The van der Waals surface area contributed by atoms with Gasteiger partial charge in [-0.2, -0.15) is 5.26 Å². The molecule has 1 atom stereocenters. The summed E-state index contributed by atoms with van der Waals surface area (Å²) < 4.78 is 1.13. The summed E-state index contributed by atoms with van der Waals surface area (Å²) >= 11 is 3.50. The van der Waals surface area contributed by atoms with Gasteiger partial charge in [-0.15, -0.1) is 0 Å². The van der Waals surface area contributed by atoms with Gasteiger partial charge in [-0.1, -0.05) is 15.9 Å². The number of anilines is 1. The average molecular weight is 308 g/mol. The maximum absolute atomic E-state index is 8.74. The highest BCUT2D eigenvalue weighted by molar-refractivity contribution is 9.10. The highest BCUT2D eigenvalue weighted by atomic mass is 79.9. The lowest BCUT2D eigenvalue weighted by Crippen LogP contribution is -2.34. The first-order valence-electron chi connectivity index (χ1n) is 6.20. The van der Waals surface area contributed by atoms with E-state index in [4.69, 9.17) is 5.26 Å². The summed E-state index contributed by atoms with van der Waals surface area (Å²) in [7, 11) is 2.03. The largest absolute Gasteiger partial charge is 0.370 e. The third-order valence-electron chi connectivity index (χ3n) is 3.61. The molecule has 0 aliphatic carbocycles. The van der Waals surface area contributed by atoms with E-state index in [0.29, 0.717) is 12.6 Å². The molecule has 0 amide bonds. The predicted octanol–water partition coefficient (Wildman–Crippen LogP) is 2.79. The number of hydrogen-bond donors (Lipinski definition) is 0. The van der Waals surface area contributed by atoms with E-state index in [9.17, 15) is 0 Å². The van der Waals surface area contributed by atoms with Crippen molar-refractivity contribution in [3.05, 3.63) is 28.2 Å². The Kier molecular flexibility index (Phi) is 4.26. The van der Waals surface area contributed by atoms with Gasteiger partial charge >= 0.3 is 0 Å². The highest BCUT2D eigenvalue weighted by Gasteiger charge is 2.26. The molecule has 3 nitrogen and oxygen atoms in total. The summed E-state index contributed by atoms with van der Waals surface area (Å²) in [6.07, 6.45) is 1.13. The molecule has 0 spiro atoms. The van der Waals surface area contributed by atoms with Gasteiger partial charge in [-0.25, -0.2) is 0 Å². The van der Waals surface area contributed by atoms with Gasteiger partial charge in [0.25, 0.3) is 0 Å². The molecule has 1 unspecified atom stereocenters. The van der Waals surface area contributed by atoms with Crippen molar-refractivity contribution in [2.24, 2.45) is 0 Å². The summed E-state index contributed by atoms with van der Waals surface area (Å²) in [5.41, 5.74) is 2.61. The van der Waals surface area contributed by atoms with Crippen LogP contribution in [0.4, 0.5) is 5.69 Å². The molecule has 0 bridgehead atoms. The minimum atomic E-state index is 0.493. The van der Waals surface area contributed by atoms with Gasteiger partial charge < -0.3 is 4.90 Å². The second-order valence-electron chi connectivity index (χ2n) is 4.89. The molecule has 18 heavy (non-hydrogen) atoms. The fourth-order valence-electron chi connectivity index (χ4n) is 2.53. The molecule has 0 aromatic heterocycles. The minimum absolute atomic E-state index is 0.493. The zero-order valence-electron chi connectivity index (χ0n) is 10.9. The number of likely N-dealkylation sites (N-methyl/N-ethyl adjacent to an activating group) is 1. The normalized spacial score (nSPS) is 19.3. The Morgan fingerprint density at radius 2 is 2.33 bits per heavy atom. The quantitative estimate of drug-likeness (QED) is 0.804. The van der Waals surface area contributed by atoms with Crippen molar-refractivity contribution < 1.29 is 0 Å². The van der Waals surface area contributed by atoms with Crippen LogP contribution < -0.4 is 4.90 Å². The first kappa shape index (κ1) is 13.4. The molecule has 1 heterocycles. The molecule has 0 radical (unpaired) electrons. The summed E-state index contributed by atoms with van der Waals surface area (Å²) in [5, 5.41) is 8.74. The number of nitriles is 1. The molecule has 1 aromatic rings.